The van der Waals surface area contributed by atoms with E-state index in [-0.39, 0.29) is 0 Å². The first-order valence-corrected chi connectivity index (χ1v) is 5.65. The van der Waals surface area contributed by atoms with Crippen molar-refractivity contribution in [3.8, 4) is 0 Å². The Labute approximate surface area is 91.1 Å². The summed E-state index contributed by atoms with van der Waals surface area (Å²) in [5.41, 5.74) is 6.59. The van der Waals surface area contributed by atoms with Gasteiger partial charge in [0.2, 0.25) is 0 Å². The molecular formula is C12H19N3. The largest absolute Gasteiger partial charge is 0.396 e. The molecule has 1 aromatic rings. The van der Waals surface area contributed by atoms with Crippen molar-refractivity contribution < 1.29 is 0 Å². The van der Waals surface area contributed by atoms with Crippen molar-refractivity contribution in [2.45, 2.75) is 32.7 Å². The van der Waals surface area contributed by atoms with Gasteiger partial charge in [-0.1, -0.05) is 13.8 Å². The number of hydrogen-bond acceptors (Lipinski definition) is 3. The van der Waals surface area contributed by atoms with Crippen LogP contribution in [0, 0.1) is 11.8 Å². The molecule has 1 saturated carbocycles. The van der Waals surface area contributed by atoms with Crippen molar-refractivity contribution in [3.63, 3.8) is 0 Å². The Hall–Kier alpha value is -1.25. The summed E-state index contributed by atoms with van der Waals surface area (Å²) in [5, 5.41) is 3.45. The number of anilines is 2. The molecule has 1 fully saturated rings. The third-order valence-corrected chi connectivity index (χ3v) is 3.63. The molecule has 82 valence electrons. The fourth-order valence-electron chi connectivity index (χ4n) is 2.28. The number of pyridine rings is 1. The van der Waals surface area contributed by atoms with Crippen LogP contribution in [0.4, 0.5) is 11.5 Å². The number of hydrogen-bond donors (Lipinski definition) is 2. The van der Waals surface area contributed by atoms with E-state index in [0.29, 0.717) is 12.0 Å². The Kier molecular flexibility index (Phi) is 2.80. The van der Waals surface area contributed by atoms with Crippen LogP contribution >= 0.6 is 0 Å². The van der Waals surface area contributed by atoms with Crippen molar-refractivity contribution in [3.05, 3.63) is 18.3 Å². The standard InChI is InChI=1S/C12H19N3/c1-8-5-6-11(9(8)2)15-12-10(13)4-3-7-14-12/h3-4,7-9,11H,5-6,13H2,1-2H3,(H,14,15). The number of nitrogens with zero attached hydrogens (tertiary/aromatic N) is 1. The highest BCUT2D eigenvalue weighted by molar-refractivity contribution is 5.60. The minimum absolute atomic E-state index is 0.525. The first kappa shape index (κ1) is 10.3. The van der Waals surface area contributed by atoms with Crippen LogP contribution in [0.25, 0.3) is 0 Å². The summed E-state index contributed by atoms with van der Waals surface area (Å²) in [5.74, 6) is 2.34. The summed E-state index contributed by atoms with van der Waals surface area (Å²) in [6.07, 6.45) is 4.30. The van der Waals surface area contributed by atoms with Crippen LogP contribution in [0.1, 0.15) is 26.7 Å². The molecule has 3 unspecified atom stereocenters. The highest BCUT2D eigenvalue weighted by Gasteiger charge is 2.29. The Balaban J connectivity index is 2.07. The van der Waals surface area contributed by atoms with Crippen molar-refractivity contribution in [2.75, 3.05) is 11.1 Å². The van der Waals surface area contributed by atoms with Crippen LogP contribution in [-0.2, 0) is 0 Å². The Bertz CT molecular complexity index is 337. The fourth-order valence-corrected chi connectivity index (χ4v) is 2.28. The van der Waals surface area contributed by atoms with Crippen molar-refractivity contribution >= 4 is 11.5 Å². The number of nitrogens with two attached hydrogens (primary N) is 1. The smallest absolute Gasteiger partial charge is 0.149 e. The zero-order valence-electron chi connectivity index (χ0n) is 9.40. The monoisotopic (exact) mass is 205 g/mol. The SMILES string of the molecule is CC1CCC(Nc2ncccc2N)C1C. The van der Waals surface area contributed by atoms with Gasteiger partial charge >= 0.3 is 0 Å². The van der Waals surface area contributed by atoms with Crippen LogP contribution in [0.15, 0.2) is 18.3 Å². The second-order valence-electron chi connectivity index (χ2n) is 4.61. The van der Waals surface area contributed by atoms with Gasteiger partial charge in [0.1, 0.15) is 5.82 Å². The summed E-state index contributed by atoms with van der Waals surface area (Å²) < 4.78 is 0. The van der Waals surface area contributed by atoms with Gasteiger partial charge in [0.25, 0.3) is 0 Å². The average Bonchev–Trinajstić information content (AvgIpc) is 2.53. The highest BCUT2D eigenvalue weighted by Crippen LogP contribution is 2.33. The van der Waals surface area contributed by atoms with Crippen LogP contribution in [-0.4, -0.2) is 11.0 Å². The lowest BCUT2D eigenvalue weighted by Crippen LogP contribution is -2.25. The lowest BCUT2D eigenvalue weighted by Gasteiger charge is -2.20. The molecule has 0 saturated heterocycles. The second-order valence-corrected chi connectivity index (χ2v) is 4.61. The summed E-state index contributed by atoms with van der Waals surface area (Å²) in [7, 11) is 0. The highest BCUT2D eigenvalue weighted by atomic mass is 15.0. The van der Waals surface area contributed by atoms with Gasteiger partial charge in [-0.05, 0) is 36.8 Å². The van der Waals surface area contributed by atoms with Gasteiger partial charge in [0.15, 0.2) is 0 Å². The van der Waals surface area contributed by atoms with E-state index in [9.17, 15) is 0 Å². The molecule has 3 heteroatoms. The van der Waals surface area contributed by atoms with E-state index in [1.807, 2.05) is 12.1 Å². The topological polar surface area (TPSA) is 50.9 Å². The first-order chi connectivity index (χ1) is 7.18. The van der Waals surface area contributed by atoms with E-state index in [0.717, 1.165) is 17.4 Å². The maximum absolute atomic E-state index is 5.85. The molecule has 0 radical (unpaired) electrons. The maximum atomic E-state index is 5.85. The Morgan fingerprint density at radius 2 is 2.20 bits per heavy atom. The van der Waals surface area contributed by atoms with E-state index in [2.05, 4.69) is 24.1 Å². The molecule has 3 nitrogen and oxygen atoms in total. The van der Waals surface area contributed by atoms with Gasteiger partial charge < -0.3 is 11.1 Å². The molecule has 0 spiro atoms. The van der Waals surface area contributed by atoms with Gasteiger partial charge in [0, 0.05) is 12.2 Å². The molecule has 1 heterocycles. The minimum atomic E-state index is 0.525. The maximum Gasteiger partial charge on any atom is 0.149 e. The number of aromatic nitrogens is 1. The molecule has 1 aliphatic carbocycles. The number of rotatable bonds is 2. The van der Waals surface area contributed by atoms with Crippen molar-refractivity contribution in [1.29, 1.82) is 0 Å². The second kappa shape index (κ2) is 4.09. The zero-order valence-corrected chi connectivity index (χ0v) is 9.40. The normalized spacial score (nSPS) is 30.4. The summed E-state index contributed by atoms with van der Waals surface area (Å²) in [6, 6.07) is 4.27. The van der Waals surface area contributed by atoms with Crippen LogP contribution in [0.3, 0.4) is 0 Å². The van der Waals surface area contributed by atoms with E-state index in [1.54, 1.807) is 6.20 Å². The molecule has 0 aliphatic heterocycles. The van der Waals surface area contributed by atoms with Crippen molar-refractivity contribution in [1.82, 2.24) is 4.98 Å². The zero-order chi connectivity index (χ0) is 10.8. The molecule has 0 bridgehead atoms. The molecule has 2 rings (SSSR count). The Morgan fingerprint density at radius 1 is 1.40 bits per heavy atom. The van der Waals surface area contributed by atoms with E-state index >= 15 is 0 Å². The quantitative estimate of drug-likeness (QED) is 0.780. The van der Waals surface area contributed by atoms with E-state index < -0.39 is 0 Å². The van der Waals surface area contributed by atoms with Gasteiger partial charge in [-0.15, -0.1) is 0 Å². The van der Waals surface area contributed by atoms with Crippen LogP contribution in [0.2, 0.25) is 0 Å². The number of nitrogen functional groups attached to an aromatic ring is 1. The van der Waals surface area contributed by atoms with Crippen LogP contribution < -0.4 is 11.1 Å². The average molecular weight is 205 g/mol. The molecule has 0 amide bonds. The fraction of sp³-hybridized carbons (Fsp3) is 0.583. The predicted octanol–water partition coefficient (Wildman–Crippen LogP) is 2.51. The molecule has 1 aromatic heterocycles. The lowest BCUT2D eigenvalue weighted by molar-refractivity contribution is 0.435. The van der Waals surface area contributed by atoms with Gasteiger partial charge in [-0.3, -0.25) is 0 Å². The summed E-state index contributed by atoms with van der Waals surface area (Å²) in [6.45, 7) is 4.61. The van der Waals surface area contributed by atoms with E-state index in [1.165, 1.54) is 12.8 Å². The molecule has 3 N–H and O–H groups in total. The third-order valence-electron chi connectivity index (χ3n) is 3.63. The summed E-state index contributed by atoms with van der Waals surface area (Å²) >= 11 is 0. The molecule has 3 atom stereocenters. The van der Waals surface area contributed by atoms with Gasteiger partial charge in [0.05, 0.1) is 5.69 Å². The summed E-state index contributed by atoms with van der Waals surface area (Å²) in [4.78, 5) is 4.27. The number of nitrogens with one attached hydrogen (secondary N) is 1. The predicted molar refractivity (Wildman–Crippen MR) is 63.6 cm³/mol. The Morgan fingerprint density at radius 3 is 2.80 bits per heavy atom. The molecular weight excluding hydrogens is 186 g/mol. The molecule has 15 heavy (non-hydrogen) atoms. The first-order valence-electron chi connectivity index (χ1n) is 5.65. The van der Waals surface area contributed by atoms with Crippen molar-refractivity contribution in [2.24, 2.45) is 11.8 Å². The van der Waals surface area contributed by atoms with Gasteiger partial charge in [-0.2, -0.15) is 0 Å². The molecule has 0 aromatic carbocycles. The minimum Gasteiger partial charge on any atom is -0.396 e. The van der Waals surface area contributed by atoms with E-state index in [4.69, 9.17) is 5.73 Å². The van der Waals surface area contributed by atoms with Crippen LogP contribution in [0.5, 0.6) is 0 Å². The molecule has 1 aliphatic rings. The third kappa shape index (κ3) is 2.06. The van der Waals surface area contributed by atoms with Gasteiger partial charge in [-0.25, -0.2) is 4.98 Å². The lowest BCUT2D eigenvalue weighted by atomic mass is 9.98.